The number of hydrogen-bond donors (Lipinski definition) is 1. The molecular weight excluding hydrogens is 433 g/mol. The van der Waals surface area contributed by atoms with Crippen LogP contribution >= 0.6 is 0 Å². The van der Waals surface area contributed by atoms with Gasteiger partial charge >= 0.3 is 42.2 Å². The molecule has 0 saturated carbocycles. The largest absolute Gasteiger partial charge is 0.460 e. The predicted octanol–water partition coefficient (Wildman–Crippen LogP) is 3.56. The third kappa shape index (κ3) is 4.54. The molecule has 0 aromatic heterocycles. The Morgan fingerprint density at radius 3 is 1.44 bits per heavy atom. The number of halogens is 13. The van der Waals surface area contributed by atoms with E-state index < -0.39 is 48.1 Å². The number of alkyl halides is 12. The van der Waals surface area contributed by atoms with Gasteiger partial charge in [-0.1, -0.05) is 6.58 Å². The first-order chi connectivity index (χ1) is 11.6. The Balaban J connectivity index is 6.42. The Kier molecular flexibility index (Phi) is 6.50. The molecule has 0 saturated heterocycles. The maximum absolute atomic E-state index is 13.6. The first-order valence-electron chi connectivity index (χ1n) is 5.52. The zero-order chi connectivity index (χ0) is 22.3. The maximum atomic E-state index is 13.6. The van der Waals surface area contributed by atoms with Crippen molar-refractivity contribution in [3.05, 3.63) is 12.4 Å². The quantitative estimate of drug-likeness (QED) is 0.488. The lowest BCUT2D eigenvalue weighted by molar-refractivity contribution is -0.522. The van der Waals surface area contributed by atoms with Gasteiger partial charge in [0.1, 0.15) is 0 Å². The summed E-state index contributed by atoms with van der Waals surface area (Å²) in [5, 5.41) is 0. The van der Waals surface area contributed by atoms with Crippen LogP contribution in [0.1, 0.15) is 0 Å². The molecule has 0 spiro atoms. The molecule has 0 aromatic rings. The van der Waals surface area contributed by atoms with Crippen LogP contribution in [0, 0.1) is 0 Å². The number of nitrogens with two attached hydrogens (primary N) is 1. The van der Waals surface area contributed by atoms with Crippen LogP contribution < -0.4 is 5.90 Å². The topological polar surface area (TPSA) is 70.8 Å². The third-order valence-electron chi connectivity index (χ3n) is 2.33. The lowest BCUT2D eigenvalue weighted by atomic mass is 10.2. The van der Waals surface area contributed by atoms with Gasteiger partial charge in [0.05, 0.1) is 0 Å². The van der Waals surface area contributed by atoms with E-state index in [4.69, 9.17) is 0 Å². The number of carbonyl (C=O) groups excluding carboxylic acids is 1. The number of ether oxygens (including phenoxy) is 2. The van der Waals surface area contributed by atoms with Crippen molar-refractivity contribution in [2.45, 2.75) is 36.3 Å². The second-order valence-corrected chi connectivity index (χ2v) is 4.23. The minimum absolute atomic E-state index is 1.62. The van der Waals surface area contributed by atoms with E-state index in [1.165, 1.54) is 0 Å². The summed E-state index contributed by atoms with van der Waals surface area (Å²) in [4.78, 5) is 13.1. The summed E-state index contributed by atoms with van der Waals surface area (Å²) in [6.07, 6.45) is -28.0. The van der Waals surface area contributed by atoms with E-state index in [-0.39, 0.29) is 0 Å². The molecule has 0 aromatic carbocycles. The molecule has 2 unspecified atom stereocenters. The van der Waals surface area contributed by atoms with E-state index in [0.29, 0.717) is 0 Å². The van der Waals surface area contributed by atoms with E-state index in [1.807, 2.05) is 9.47 Å². The zero-order valence-electron chi connectivity index (χ0n) is 11.8. The average molecular weight is 437 g/mol. The van der Waals surface area contributed by atoms with Gasteiger partial charge in [-0.05, 0) is 0 Å². The Bertz CT molecular complexity index is 587. The van der Waals surface area contributed by atoms with Crippen LogP contribution in [0.4, 0.5) is 57.1 Å². The first kappa shape index (κ1) is 25.2. The summed E-state index contributed by atoms with van der Waals surface area (Å²) in [5.41, 5.74) is 0. The standard InChI is InChI=1S/C9H4F13NO4/c1-2(10)5(12,13)27-6(14,8(18,19)20)9(21,22)26-4(11,3(24)25-23)7(15,16)17/h1,23H2. The highest BCUT2D eigenvalue weighted by molar-refractivity contribution is 5.78. The smallest absolute Gasteiger partial charge is 0.369 e. The third-order valence-corrected chi connectivity index (χ3v) is 2.33. The Morgan fingerprint density at radius 1 is 0.778 bits per heavy atom. The van der Waals surface area contributed by atoms with Crippen molar-refractivity contribution in [2.75, 3.05) is 0 Å². The van der Waals surface area contributed by atoms with Gasteiger partial charge in [-0.25, -0.2) is 9.18 Å². The maximum Gasteiger partial charge on any atom is 0.460 e. The van der Waals surface area contributed by atoms with Gasteiger partial charge < -0.3 is 4.84 Å². The highest BCUT2D eigenvalue weighted by atomic mass is 19.4. The van der Waals surface area contributed by atoms with Crippen molar-refractivity contribution < 1.29 is 76.2 Å². The highest BCUT2D eigenvalue weighted by Gasteiger charge is 2.82. The number of rotatable bonds is 7. The molecule has 0 bridgehead atoms. The molecule has 0 aliphatic rings. The fraction of sp³-hybridized carbons (Fsp3) is 0.667. The van der Waals surface area contributed by atoms with Gasteiger partial charge in [0.25, 0.3) is 0 Å². The van der Waals surface area contributed by atoms with Gasteiger partial charge in [0, 0.05) is 0 Å². The summed E-state index contributed by atoms with van der Waals surface area (Å²) < 4.78 is 170. The molecule has 160 valence electrons. The van der Waals surface area contributed by atoms with Crippen molar-refractivity contribution in [2.24, 2.45) is 5.90 Å². The monoisotopic (exact) mass is 437 g/mol. The van der Waals surface area contributed by atoms with E-state index in [0.717, 1.165) is 0 Å². The minimum Gasteiger partial charge on any atom is -0.369 e. The second-order valence-electron chi connectivity index (χ2n) is 4.23. The van der Waals surface area contributed by atoms with E-state index in [1.54, 1.807) is 6.58 Å². The molecule has 5 nitrogen and oxygen atoms in total. The summed E-state index contributed by atoms with van der Waals surface area (Å²) in [5.74, 6) is -17.2. The second kappa shape index (κ2) is 6.97. The van der Waals surface area contributed by atoms with Crippen LogP contribution in [-0.2, 0) is 19.1 Å². The lowest BCUT2D eigenvalue weighted by Crippen LogP contribution is -2.66. The van der Waals surface area contributed by atoms with Crippen LogP contribution in [0.3, 0.4) is 0 Å². The van der Waals surface area contributed by atoms with Crippen molar-refractivity contribution in [1.29, 1.82) is 0 Å². The molecule has 0 aliphatic carbocycles. The molecule has 0 heterocycles. The van der Waals surface area contributed by atoms with Gasteiger partial charge in [0.15, 0.2) is 5.83 Å². The Labute approximate surface area is 138 Å². The lowest BCUT2D eigenvalue weighted by Gasteiger charge is -2.38. The van der Waals surface area contributed by atoms with Crippen molar-refractivity contribution >= 4 is 5.97 Å². The van der Waals surface area contributed by atoms with Crippen LogP contribution in [0.25, 0.3) is 0 Å². The van der Waals surface area contributed by atoms with Gasteiger partial charge in [0.2, 0.25) is 0 Å². The zero-order valence-corrected chi connectivity index (χ0v) is 11.8. The Morgan fingerprint density at radius 2 is 1.19 bits per heavy atom. The van der Waals surface area contributed by atoms with Gasteiger partial charge in [-0.15, -0.1) is 0 Å². The fourth-order valence-electron chi connectivity index (χ4n) is 1.05. The minimum atomic E-state index is -7.41. The summed E-state index contributed by atoms with van der Waals surface area (Å²) in [6.45, 7) is 1.62. The normalized spacial score (nSPS) is 18.4. The molecular formula is C9H4F13NO4. The fourth-order valence-corrected chi connectivity index (χ4v) is 1.05. The summed E-state index contributed by atoms with van der Waals surface area (Å²) >= 11 is 0. The number of hydrogen-bond acceptors (Lipinski definition) is 5. The Hall–Kier alpha value is -1.82. The number of carbonyl (C=O) groups is 1. The van der Waals surface area contributed by atoms with Crippen LogP contribution in [0.5, 0.6) is 0 Å². The van der Waals surface area contributed by atoms with Crippen molar-refractivity contribution in [1.82, 2.24) is 0 Å². The molecule has 0 radical (unpaired) electrons. The van der Waals surface area contributed by atoms with Crippen molar-refractivity contribution in [3.8, 4) is 0 Å². The average Bonchev–Trinajstić information content (AvgIpc) is 2.42. The van der Waals surface area contributed by atoms with E-state index in [2.05, 4.69) is 10.7 Å². The highest BCUT2D eigenvalue weighted by Crippen LogP contribution is 2.53. The molecule has 0 amide bonds. The molecule has 0 aliphatic heterocycles. The van der Waals surface area contributed by atoms with E-state index in [9.17, 15) is 61.9 Å². The molecule has 2 N–H and O–H groups in total. The molecule has 0 rings (SSSR count). The SMILES string of the molecule is C=C(F)C(F)(F)OC(F)(C(F)(F)F)C(F)(F)OC(F)(C(=O)ON)C(F)(F)F. The van der Waals surface area contributed by atoms with Crippen LogP contribution in [-0.4, -0.2) is 42.2 Å². The molecule has 27 heavy (non-hydrogen) atoms. The summed E-state index contributed by atoms with van der Waals surface area (Å²) in [6, 6.07) is 0. The van der Waals surface area contributed by atoms with Gasteiger partial charge in [-0.2, -0.15) is 58.6 Å². The first-order valence-corrected chi connectivity index (χ1v) is 5.52. The molecule has 2 atom stereocenters. The van der Waals surface area contributed by atoms with Crippen LogP contribution in [0.2, 0.25) is 0 Å². The van der Waals surface area contributed by atoms with E-state index >= 15 is 0 Å². The van der Waals surface area contributed by atoms with Gasteiger partial charge in [-0.3, -0.25) is 9.47 Å². The van der Waals surface area contributed by atoms with Crippen LogP contribution in [0.15, 0.2) is 12.4 Å². The predicted molar refractivity (Wildman–Crippen MR) is 52.4 cm³/mol. The van der Waals surface area contributed by atoms with Crippen molar-refractivity contribution in [3.63, 3.8) is 0 Å². The molecule has 18 heteroatoms. The molecule has 0 fully saturated rings. The summed E-state index contributed by atoms with van der Waals surface area (Å²) in [7, 11) is 0.